The standard InChI is InChI=1S/C27H25ClFN3O/c1-15-10-22-25(31-17(15)3)14-24(32-27(22)21-5-4-20(28)13-23(21)29)18-7-9-33-26(12-18)19-6-8-30-16(2)11-19/h4-6,8,10-11,13-14,18,26H,7,9,12H2,1-3H3/t18-,26-/m0/s1. The minimum Gasteiger partial charge on any atom is -0.373 e. The fourth-order valence-corrected chi connectivity index (χ4v) is 4.71. The average molecular weight is 462 g/mol. The van der Waals surface area contributed by atoms with E-state index < -0.39 is 0 Å². The van der Waals surface area contributed by atoms with Crippen molar-refractivity contribution in [3.8, 4) is 11.3 Å². The normalized spacial score (nSPS) is 18.6. The van der Waals surface area contributed by atoms with Crippen molar-refractivity contribution in [2.24, 2.45) is 0 Å². The molecule has 0 N–H and O–H groups in total. The van der Waals surface area contributed by atoms with Gasteiger partial charge in [0.1, 0.15) is 5.82 Å². The van der Waals surface area contributed by atoms with Gasteiger partial charge in [-0.25, -0.2) is 4.39 Å². The lowest BCUT2D eigenvalue weighted by Crippen LogP contribution is -2.20. The Kier molecular flexibility index (Phi) is 5.85. The fraction of sp³-hybridized carbons (Fsp3) is 0.296. The third kappa shape index (κ3) is 4.35. The lowest BCUT2D eigenvalue weighted by atomic mass is 9.88. The summed E-state index contributed by atoms with van der Waals surface area (Å²) >= 11 is 6.02. The predicted molar refractivity (Wildman–Crippen MR) is 129 cm³/mol. The molecule has 1 fully saturated rings. The number of nitrogens with zero attached hydrogens (tertiary/aromatic N) is 3. The number of rotatable bonds is 3. The van der Waals surface area contributed by atoms with Crippen LogP contribution in [0.3, 0.4) is 0 Å². The van der Waals surface area contributed by atoms with Crippen LogP contribution in [0.15, 0.2) is 48.7 Å². The van der Waals surface area contributed by atoms with E-state index in [9.17, 15) is 4.39 Å². The van der Waals surface area contributed by atoms with Crippen molar-refractivity contribution < 1.29 is 9.13 Å². The van der Waals surface area contributed by atoms with Gasteiger partial charge < -0.3 is 4.74 Å². The molecule has 0 radical (unpaired) electrons. The zero-order valence-corrected chi connectivity index (χ0v) is 19.7. The van der Waals surface area contributed by atoms with Crippen LogP contribution in [0.4, 0.5) is 4.39 Å². The first-order chi connectivity index (χ1) is 15.9. The molecular formula is C27H25ClFN3O. The Morgan fingerprint density at radius 2 is 1.88 bits per heavy atom. The quantitative estimate of drug-likeness (QED) is 0.328. The second-order valence-electron chi connectivity index (χ2n) is 8.79. The smallest absolute Gasteiger partial charge is 0.134 e. The van der Waals surface area contributed by atoms with Crippen LogP contribution in [-0.2, 0) is 4.74 Å². The van der Waals surface area contributed by atoms with E-state index >= 15 is 0 Å². The summed E-state index contributed by atoms with van der Waals surface area (Å²) in [5.41, 5.74) is 6.89. The summed E-state index contributed by atoms with van der Waals surface area (Å²) in [6.45, 7) is 6.63. The molecule has 1 saturated heterocycles. The highest BCUT2D eigenvalue weighted by molar-refractivity contribution is 6.30. The Bertz CT molecular complexity index is 1360. The van der Waals surface area contributed by atoms with Crippen molar-refractivity contribution >= 4 is 22.5 Å². The summed E-state index contributed by atoms with van der Waals surface area (Å²) in [5.74, 6) is -0.206. The molecule has 5 rings (SSSR count). The van der Waals surface area contributed by atoms with Gasteiger partial charge in [0.25, 0.3) is 0 Å². The van der Waals surface area contributed by atoms with Crippen molar-refractivity contribution in [1.82, 2.24) is 15.0 Å². The van der Waals surface area contributed by atoms with Crippen LogP contribution in [-0.4, -0.2) is 21.6 Å². The SMILES string of the molecule is Cc1cc([C@@H]2C[C@@H](c3cc4nc(C)c(C)cc4c(-c4ccc(Cl)cc4F)n3)CCO2)ccn1. The summed E-state index contributed by atoms with van der Waals surface area (Å²) in [6.07, 6.45) is 3.45. The van der Waals surface area contributed by atoms with Crippen LogP contribution < -0.4 is 0 Å². The molecule has 0 amide bonds. The number of aryl methyl sites for hydroxylation is 3. The van der Waals surface area contributed by atoms with Crippen molar-refractivity contribution in [1.29, 1.82) is 0 Å². The van der Waals surface area contributed by atoms with Crippen LogP contribution in [0.1, 0.15) is 53.1 Å². The van der Waals surface area contributed by atoms with Crippen molar-refractivity contribution in [2.75, 3.05) is 6.61 Å². The minimum atomic E-state index is -0.385. The average Bonchev–Trinajstić information content (AvgIpc) is 2.80. The largest absolute Gasteiger partial charge is 0.373 e. The van der Waals surface area contributed by atoms with E-state index in [4.69, 9.17) is 26.3 Å². The summed E-state index contributed by atoms with van der Waals surface area (Å²) in [4.78, 5) is 14.1. The molecule has 33 heavy (non-hydrogen) atoms. The zero-order chi connectivity index (χ0) is 23.1. The van der Waals surface area contributed by atoms with Gasteiger partial charge >= 0.3 is 0 Å². The van der Waals surface area contributed by atoms with Crippen LogP contribution >= 0.6 is 11.6 Å². The number of aromatic nitrogens is 3. The van der Waals surface area contributed by atoms with E-state index in [0.717, 1.165) is 52.0 Å². The third-order valence-electron chi connectivity index (χ3n) is 6.46. The minimum absolute atomic E-state index is 0.0219. The molecule has 2 atom stereocenters. The molecule has 1 aromatic carbocycles. The lowest BCUT2D eigenvalue weighted by Gasteiger charge is -2.30. The second-order valence-corrected chi connectivity index (χ2v) is 9.22. The maximum Gasteiger partial charge on any atom is 0.134 e. The Labute approximate surface area is 197 Å². The predicted octanol–water partition coefficient (Wildman–Crippen LogP) is 7.04. The van der Waals surface area contributed by atoms with Gasteiger partial charge in [-0.3, -0.25) is 15.0 Å². The molecule has 168 valence electrons. The highest BCUT2D eigenvalue weighted by Gasteiger charge is 2.27. The van der Waals surface area contributed by atoms with Crippen molar-refractivity contribution in [3.05, 3.63) is 87.7 Å². The number of benzene rings is 1. The third-order valence-corrected chi connectivity index (χ3v) is 6.69. The Hall–Kier alpha value is -2.89. The summed E-state index contributed by atoms with van der Waals surface area (Å²) in [7, 11) is 0. The van der Waals surface area contributed by atoms with Gasteiger partial charge in [0.05, 0.1) is 17.3 Å². The first-order valence-electron chi connectivity index (χ1n) is 11.2. The van der Waals surface area contributed by atoms with Gasteiger partial charge in [0.15, 0.2) is 0 Å². The summed E-state index contributed by atoms with van der Waals surface area (Å²) in [6, 6.07) is 12.9. The maximum atomic E-state index is 15.0. The van der Waals surface area contributed by atoms with Gasteiger partial charge in [-0.1, -0.05) is 11.6 Å². The van der Waals surface area contributed by atoms with Gasteiger partial charge in [0, 0.05) is 51.8 Å². The van der Waals surface area contributed by atoms with E-state index in [2.05, 4.69) is 17.1 Å². The molecule has 0 bridgehead atoms. The number of fused-ring (bicyclic) bond motifs is 1. The van der Waals surface area contributed by atoms with Crippen molar-refractivity contribution in [3.63, 3.8) is 0 Å². The maximum absolute atomic E-state index is 15.0. The van der Waals surface area contributed by atoms with E-state index in [1.807, 2.05) is 39.1 Å². The molecule has 4 nitrogen and oxygen atoms in total. The van der Waals surface area contributed by atoms with E-state index in [1.54, 1.807) is 12.1 Å². The fourth-order valence-electron chi connectivity index (χ4n) is 4.55. The molecule has 1 aliphatic heterocycles. The summed E-state index contributed by atoms with van der Waals surface area (Å²) < 4.78 is 21.1. The number of halogens is 2. The Morgan fingerprint density at radius 3 is 2.67 bits per heavy atom. The first kappa shape index (κ1) is 21.9. The van der Waals surface area contributed by atoms with Gasteiger partial charge in [-0.2, -0.15) is 0 Å². The number of hydrogen-bond acceptors (Lipinski definition) is 4. The molecule has 6 heteroatoms. The monoisotopic (exact) mass is 461 g/mol. The van der Waals surface area contributed by atoms with Crippen LogP contribution in [0.2, 0.25) is 5.02 Å². The summed E-state index contributed by atoms with van der Waals surface area (Å²) in [5, 5.41) is 1.21. The van der Waals surface area contributed by atoms with Crippen molar-refractivity contribution in [2.45, 2.75) is 45.6 Å². The molecule has 0 unspecified atom stereocenters. The van der Waals surface area contributed by atoms with Crippen LogP contribution in [0, 0.1) is 26.6 Å². The van der Waals surface area contributed by atoms with E-state index in [-0.39, 0.29) is 17.8 Å². The Balaban J connectivity index is 1.62. The topological polar surface area (TPSA) is 47.9 Å². The molecule has 4 heterocycles. The van der Waals surface area contributed by atoms with Gasteiger partial charge in [0.2, 0.25) is 0 Å². The number of ether oxygens (including phenoxy) is 1. The van der Waals surface area contributed by atoms with Crippen LogP contribution in [0.5, 0.6) is 0 Å². The van der Waals surface area contributed by atoms with E-state index in [1.165, 1.54) is 6.07 Å². The molecule has 0 saturated carbocycles. The number of pyridine rings is 3. The highest BCUT2D eigenvalue weighted by Crippen LogP contribution is 2.39. The molecule has 4 aromatic rings. The molecule has 1 aliphatic rings. The van der Waals surface area contributed by atoms with E-state index in [0.29, 0.717) is 22.9 Å². The van der Waals surface area contributed by atoms with Gasteiger partial charge in [-0.15, -0.1) is 0 Å². The molecular weight excluding hydrogens is 437 g/mol. The second kappa shape index (κ2) is 8.81. The molecule has 0 spiro atoms. The Morgan fingerprint density at radius 1 is 1.03 bits per heavy atom. The highest BCUT2D eigenvalue weighted by atomic mass is 35.5. The zero-order valence-electron chi connectivity index (χ0n) is 18.9. The van der Waals surface area contributed by atoms with Gasteiger partial charge in [-0.05, 0) is 87.2 Å². The lowest BCUT2D eigenvalue weighted by molar-refractivity contribution is 0.00460. The molecule has 3 aromatic heterocycles. The molecule has 0 aliphatic carbocycles. The first-order valence-corrected chi connectivity index (χ1v) is 11.6. The van der Waals surface area contributed by atoms with Crippen LogP contribution in [0.25, 0.3) is 22.2 Å². The number of hydrogen-bond donors (Lipinski definition) is 0.